The summed E-state index contributed by atoms with van der Waals surface area (Å²) in [6, 6.07) is 9.65. The van der Waals surface area contributed by atoms with E-state index >= 15 is 0 Å². The second kappa shape index (κ2) is 10.5. The second-order valence-electron chi connectivity index (χ2n) is 9.01. The number of hydrogen-bond acceptors (Lipinski definition) is 8. The van der Waals surface area contributed by atoms with Gasteiger partial charge < -0.3 is 28.3 Å². The summed E-state index contributed by atoms with van der Waals surface area (Å²) >= 11 is 0. The van der Waals surface area contributed by atoms with Crippen LogP contribution in [0.15, 0.2) is 36.4 Å². The number of para-hydroxylation sites is 2. The Labute approximate surface area is 195 Å². The second-order valence-corrected chi connectivity index (χ2v) is 9.01. The summed E-state index contributed by atoms with van der Waals surface area (Å²) in [7, 11) is 3.89. The Bertz CT molecular complexity index is 909. The van der Waals surface area contributed by atoms with Crippen molar-refractivity contribution in [3.05, 3.63) is 47.5 Å². The van der Waals surface area contributed by atoms with Crippen LogP contribution >= 0.6 is 0 Å². The highest BCUT2D eigenvalue weighted by molar-refractivity contribution is 6.21. The number of benzene rings is 2. The van der Waals surface area contributed by atoms with Crippen molar-refractivity contribution in [3.63, 3.8) is 0 Å². The van der Waals surface area contributed by atoms with Crippen molar-refractivity contribution in [1.29, 1.82) is 0 Å². The highest BCUT2D eigenvalue weighted by atomic mass is 16.6. The van der Waals surface area contributed by atoms with Gasteiger partial charge in [-0.05, 0) is 65.8 Å². The third-order valence-corrected chi connectivity index (χ3v) is 3.95. The molecular weight excluding hydrogens is 427 g/mol. The van der Waals surface area contributed by atoms with Gasteiger partial charge in [-0.3, -0.25) is 0 Å². The molecule has 33 heavy (non-hydrogen) atoms. The van der Waals surface area contributed by atoms with Crippen LogP contribution in [0.25, 0.3) is 0 Å². The van der Waals surface area contributed by atoms with E-state index in [4.69, 9.17) is 28.3 Å². The van der Waals surface area contributed by atoms with Crippen molar-refractivity contribution in [2.45, 2.75) is 52.7 Å². The summed E-state index contributed by atoms with van der Waals surface area (Å²) in [5, 5.41) is 0. The van der Waals surface area contributed by atoms with E-state index in [-0.39, 0.29) is 34.1 Å². The highest BCUT2D eigenvalue weighted by Gasteiger charge is 2.25. The van der Waals surface area contributed by atoms with E-state index in [0.717, 1.165) is 7.69 Å². The van der Waals surface area contributed by atoms with Crippen molar-refractivity contribution in [3.8, 4) is 23.0 Å². The summed E-state index contributed by atoms with van der Waals surface area (Å²) in [4.78, 5) is 25.0. The number of carbonyl (C=O) groups is 2. The van der Waals surface area contributed by atoms with Gasteiger partial charge in [-0.25, -0.2) is 9.59 Å². The van der Waals surface area contributed by atoms with Crippen LogP contribution in [0, 0.1) is 0 Å². The molecule has 0 amide bonds. The van der Waals surface area contributed by atoms with Crippen LogP contribution < -0.4 is 18.8 Å². The highest BCUT2D eigenvalue weighted by Crippen LogP contribution is 2.34. The largest absolute Gasteiger partial charge is 0.658 e. The predicted molar refractivity (Wildman–Crippen MR) is 123 cm³/mol. The minimum atomic E-state index is -0.663. The third-order valence-electron chi connectivity index (χ3n) is 3.95. The molecule has 0 heterocycles. The van der Waals surface area contributed by atoms with Gasteiger partial charge in [0, 0.05) is 0 Å². The van der Waals surface area contributed by atoms with E-state index < -0.39 is 23.1 Å². The predicted octanol–water partition coefficient (Wildman–Crippen LogP) is 4.61. The van der Waals surface area contributed by atoms with E-state index in [2.05, 4.69) is 0 Å². The quantitative estimate of drug-likeness (QED) is 0.420. The molecule has 0 spiro atoms. The molecule has 0 bridgehead atoms. The first-order valence-corrected chi connectivity index (χ1v) is 10.3. The molecule has 2 aromatic carbocycles. The minimum Gasteiger partial charge on any atom is -0.524 e. The number of ether oxygens (including phenoxy) is 4. The lowest BCUT2D eigenvalue weighted by atomic mass is 10.1. The Hall–Kier alpha value is -3.36. The molecule has 1 radical (unpaired) electrons. The number of esters is 2. The monoisotopic (exact) mass is 457 g/mol. The van der Waals surface area contributed by atoms with Gasteiger partial charge in [0.05, 0.1) is 14.2 Å². The summed E-state index contributed by atoms with van der Waals surface area (Å²) < 4.78 is 32.7. The Morgan fingerprint density at radius 3 is 1.33 bits per heavy atom. The Morgan fingerprint density at radius 2 is 1.03 bits per heavy atom. The van der Waals surface area contributed by atoms with Crippen molar-refractivity contribution in [2.24, 2.45) is 0 Å². The van der Waals surface area contributed by atoms with E-state index in [1.54, 1.807) is 77.9 Å². The molecule has 9 heteroatoms. The first kappa shape index (κ1) is 25.9. The van der Waals surface area contributed by atoms with Gasteiger partial charge in [-0.15, -0.1) is 0 Å². The zero-order valence-corrected chi connectivity index (χ0v) is 20.3. The standard InChI is InChI=1S/C24H30BO8/c1-23(2,3)30-21(26)15-11-9-13-17(19(15)28-7)32-25-33-18-14-10-12-16(20(18)29-8)22(27)31-24(4,5)6/h9-14H,1-8H3. The molecule has 8 nitrogen and oxygen atoms in total. The van der Waals surface area contributed by atoms with Gasteiger partial charge in [0.1, 0.15) is 33.8 Å². The van der Waals surface area contributed by atoms with Crippen LogP contribution in [-0.2, 0) is 9.47 Å². The van der Waals surface area contributed by atoms with Gasteiger partial charge in [0.2, 0.25) is 0 Å². The van der Waals surface area contributed by atoms with E-state index in [0.29, 0.717) is 0 Å². The van der Waals surface area contributed by atoms with Crippen LogP contribution in [-0.4, -0.2) is 45.0 Å². The maximum absolute atomic E-state index is 12.5. The third kappa shape index (κ3) is 7.34. The number of carbonyl (C=O) groups excluding carboxylic acids is 2. The van der Waals surface area contributed by atoms with Crippen LogP contribution in [0.4, 0.5) is 0 Å². The zero-order valence-electron chi connectivity index (χ0n) is 20.3. The van der Waals surface area contributed by atoms with Crippen LogP contribution in [0.1, 0.15) is 62.3 Å². The first-order valence-electron chi connectivity index (χ1n) is 10.3. The van der Waals surface area contributed by atoms with Gasteiger partial charge >= 0.3 is 19.6 Å². The first-order chi connectivity index (χ1) is 15.4. The van der Waals surface area contributed by atoms with Crippen molar-refractivity contribution < 1.29 is 37.8 Å². The topological polar surface area (TPSA) is 89.5 Å². The van der Waals surface area contributed by atoms with E-state index in [1.165, 1.54) is 14.2 Å². The van der Waals surface area contributed by atoms with Crippen LogP contribution in [0.3, 0.4) is 0 Å². The smallest absolute Gasteiger partial charge is 0.524 e. The molecule has 0 saturated carbocycles. The molecule has 0 unspecified atom stereocenters. The summed E-state index contributed by atoms with van der Waals surface area (Å²) in [6.07, 6.45) is 0. The van der Waals surface area contributed by atoms with E-state index in [9.17, 15) is 9.59 Å². The molecule has 2 aromatic rings. The number of methoxy groups -OCH3 is 2. The van der Waals surface area contributed by atoms with Gasteiger partial charge in [0.25, 0.3) is 0 Å². The zero-order chi connectivity index (χ0) is 24.8. The van der Waals surface area contributed by atoms with Gasteiger partial charge in [0.15, 0.2) is 11.5 Å². The fraction of sp³-hybridized carbons (Fsp3) is 0.417. The average molecular weight is 457 g/mol. The minimum absolute atomic E-state index is 0.195. The van der Waals surface area contributed by atoms with Gasteiger partial charge in [-0.2, -0.15) is 0 Å². The lowest BCUT2D eigenvalue weighted by Gasteiger charge is -2.21. The van der Waals surface area contributed by atoms with Crippen molar-refractivity contribution in [2.75, 3.05) is 14.2 Å². The van der Waals surface area contributed by atoms with Crippen molar-refractivity contribution >= 4 is 19.6 Å². The molecule has 0 aliphatic rings. The maximum Gasteiger partial charge on any atom is 0.658 e. The Kier molecular flexibility index (Phi) is 8.25. The Balaban J connectivity index is 2.19. The lowest BCUT2D eigenvalue weighted by molar-refractivity contribution is 0.00535. The molecule has 177 valence electrons. The molecule has 0 aliphatic carbocycles. The molecule has 0 saturated heterocycles. The molecule has 0 N–H and O–H groups in total. The SMILES string of the molecule is COc1c(O[B]Oc2cccc(C(=O)OC(C)(C)C)c2OC)cccc1C(=O)OC(C)(C)C. The van der Waals surface area contributed by atoms with Crippen molar-refractivity contribution in [1.82, 2.24) is 0 Å². The maximum atomic E-state index is 12.5. The lowest BCUT2D eigenvalue weighted by Crippen LogP contribution is -2.24. The molecule has 0 aromatic heterocycles. The summed E-state index contributed by atoms with van der Waals surface area (Å²) in [5.74, 6) is -0.219. The van der Waals surface area contributed by atoms with Crippen LogP contribution in [0.5, 0.6) is 23.0 Å². The average Bonchev–Trinajstić information content (AvgIpc) is 2.70. The molecule has 0 atom stereocenters. The molecular formula is C24H30BO8. The van der Waals surface area contributed by atoms with Gasteiger partial charge in [-0.1, -0.05) is 12.1 Å². The molecule has 2 rings (SSSR count). The fourth-order valence-electron chi connectivity index (χ4n) is 2.75. The normalized spacial score (nSPS) is 11.3. The Morgan fingerprint density at radius 1 is 0.667 bits per heavy atom. The van der Waals surface area contributed by atoms with E-state index in [1.807, 2.05) is 0 Å². The molecule has 0 fully saturated rings. The summed E-state index contributed by atoms with van der Waals surface area (Å²) in [6.45, 7) is 10.7. The van der Waals surface area contributed by atoms with Crippen LogP contribution in [0.2, 0.25) is 0 Å². The molecule has 0 aliphatic heterocycles. The fourth-order valence-corrected chi connectivity index (χ4v) is 2.75. The summed E-state index contributed by atoms with van der Waals surface area (Å²) in [5.41, 5.74) is -0.904. The number of hydrogen-bond donors (Lipinski definition) is 0. The number of rotatable bonds is 8.